The van der Waals surface area contributed by atoms with E-state index in [-0.39, 0.29) is 12.4 Å². The molecule has 0 spiro atoms. The molecule has 2 N–H and O–H groups in total. The molecule has 3 rings (SSSR count). The first-order valence-electron chi connectivity index (χ1n) is 11.6. The summed E-state index contributed by atoms with van der Waals surface area (Å²) in [5.41, 5.74) is 1.37. The van der Waals surface area contributed by atoms with Crippen molar-refractivity contribution in [2.45, 2.75) is 38.8 Å². The van der Waals surface area contributed by atoms with Crippen molar-refractivity contribution < 1.29 is 27.2 Å². The van der Waals surface area contributed by atoms with Gasteiger partial charge in [-0.05, 0) is 37.5 Å². The van der Waals surface area contributed by atoms with E-state index in [1.165, 1.54) is 0 Å². The van der Waals surface area contributed by atoms with Crippen molar-refractivity contribution in [1.29, 1.82) is 0 Å². The molecule has 3 aromatic rings. The van der Waals surface area contributed by atoms with Gasteiger partial charge in [0.15, 0.2) is 5.60 Å². The minimum absolute atomic E-state index is 0. The highest BCUT2D eigenvalue weighted by Gasteiger charge is 2.38. The molecule has 0 unspecified atom stereocenters. The van der Waals surface area contributed by atoms with E-state index in [4.69, 9.17) is 11.6 Å². The first kappa shape index (κ1) is 27.9. The summed E-state index contributed by atoms with van der Waals surface area (Å²) < 4.78 is 0.873. The van der Waals surface area contributed by atoms with Crippen LogP contribution in [-0.4, -0.2) is 40.1 Å². The third-order valence-corrected chi connectivity index (χ3v) is 7.14. The highest BCUT2D eigenvalue weighted by molar-refractivity contribution is 6.31. The van der Waals surface area contributed by atoms with Crippen LogP contribution in [0.15, 0.2) is 90.1 Å². The van der Waals surface area contributed by atoms with E-state index in [2.05, 4.69) is 25.1 Å². The lowest BCUT2D eigenvalue weighted by molar-refractivity contribution is -0.937. The van der Waals surface area contributed by atoms with Crippen LogP contribution in [0.25, 0.3) is 0 Å². The Morgan fingerprint density at radius 2 is 1.35 bits per heavy atom. The number of benzene rings is 3. The van der Waals surface area contributed by atoms with Crippen LogP contribution in [0.5, 0.6) is 0 Å². The average Bonchev–Trinajstić information content (AvgIpc) is 2.88. The Balaban J connectivity index is 0.00000408. The predicted octanol–water partition coefficient (Wildman–Crippen LogP) is 3.25. The Kier molecular flexibility index (Phi) is 10.6. The zero-order chi connectivity index (χ0) is 23.7. The van der Waals surface area contributed by atoms with Gasteiger partial charge in [-0.2, -0.15) is 0 Å². The smallest absolute Gasteiger partial charge is 0.156 e. The SMILES string of the molecule is CC[N+](CC)(CCC/C(=N\O)C(O)(c1ccccc1)c1ccccc1)Cc1ccccc1Cl.[Cl-]. The molecule has 0 saturated heterocycles. The van der Waals surface area contributed by atoms with Crippen LogP contribution in [0.3, 0.4) is 0 Å². The van der Waals surface area contributed by atoms with Gasteiger partial charge in [-0.15, -0.1) is 0 Å². The van der Waals surface area contributed by atoms with Crippen LogP contribution in [0, 0.1) is 0 Å². The number of rotatable bonds is 11. The molecule has 0 aliphatic heterocycles. The van der Waals surface area contributed by atoms with Gasteiger partial charge in [0.2, 0.25) is 0 Å². The van der Waals surface area contributed by atoms with Gasteiger partial charge in [-0.25, -0.2) is 0 Å². The van der Waals surface area contributed by atoms with Crippen molar-refractivity contribution >= 4 is 17.3 Å². The number of hydrogen-bond acceptors (Lipinski definition) is 3. The summed E-state index contributed by atoms with van der Waals surface area (Å²) in [7, 11) is 0. The maximum atomic E-state index is 11.9. The maximum Gasteiger partial charge on any atom is 0.156 e. The number of halogens is 2. The van der Waals surface area contributed by atoms with Crippen molar-refractivity contribution in [3.63, 3.8) is 0 Å². The molecule has 4 nitrogen and oxygen atoms in total. The van der Waals surface area contributed by atoms with E-state index in [1.807, 2.05) is 78.9 Å². The van der Waals surface area contributed by atoms with Crippen molar-refractivity contribution in [1.82, 2.24) is 0 Å². The molecule has 182 valence electrons. The summed E-state index contributed by atoms with van der Waals surface area (Å²) in [4.78, 5) is 0. The fourth-order valence-electron chi connectivity index (χ4n) is 4.57. The van der Waals surface area contributed by atoms with Gasteiger partial charge in [-0.1, -0.05) is 95.6 Å². The molecule has 0 bridgehead atoms. The van der Waals surface area contributed by atoms with Crippen molar-refractivity contribution in [2.75, 3.05) is 19.6 Å². The van der Waals surface area contributed by atoms with Crippen LogP contribution in [0.2, 0.25) is 5.02 Å². The Morgan fingerprint density at radius 3 is 1.82 bits per heavy atom. The Hall–Kier alpha value is -2.37. The van der Waals surface area contributed by atoms with Crippen molar-refractivity contribution in [3.8, 4) is 0 Å². The zero-order valence-electron chi connectivity index (χ0n) is 19.9. The summed E-state index contributed by atoms with van der Waals surface area (Å²) in [6.07, 6.45) is 1.24. The zero-order valence-corrected chi connectivity index (χ0v) is 21.4. The Bertz CT molecular complexity index is 999. The maximum absolute atomic E-state index is 11.9. The van der Waals surface area contributed by atoms with Gasteiger partial charge in [0.25, 0.3) is 0 Å². The fourth-order valence-corrected chi connectivity index (χ4v) is 4.77. The summed E-state index contributed by atoms with van der Waals surface area (Å²) >= 11 is 6.45. The summed E-state index contributed by atoms with van der Waals surface area (Å²) in [6, 6.07) is 26.9. The van der Waals surface area contributed by atoms with Crippen LogP contribution in [-0.2, 0) is 12.1 Å². The van der Waals surface area contributed by atoms with Crippen LogP contribution < -0.4 is 12.4 Å². The molecule has 0 radical (unpaired) electrons. The number of aliphatic hydroxyl groups is 1. The number of nitrogens with zero attached hydrogens (tertiary/aromatic N) is 2. The molecule has 0 aromatic heterocycles. The number of hydrogen-bond donors (Lipinski definition) is 2. The second kappa shape index (κ2) is 12.9. The summed E-state index contributed by atoms with van der Waals surface area (Å²) in [6.45, 7) is 8.07. The van der Waals surface area contributed by atoms with E-state index in [9.17, 15) is 10.3 Å². The van der Waals surface area contributed by atoms with Gasteiger partial charge in [0.1, 0.15) is 6.54 Å². The third kappa shape index (κ3) is 6.19. The molecular weight excluding hydrogens is 467 g/mol. The molecule has 34 heavy (non-hydrogen) atoms. The van der Waals surface area contributed by atoms with Crippen LogP contribution in [0.4, 0.5) is 0 Å². The van der Waals surface area contributed by atoms with E-state index < -0.39 is 5.60 Å². The van der Waals surface area contributed by atoms with E-state index in [0.717, 1.165) is 47.7 Å². The van der Waals surface area contributed by atoms with Gasteiger partial charge >= 0.3 is 0 Å². The predicted molar refractivity (Wildman–Crippen MR) is 136 cm³/mol. The lowest BCUT2D eigenvalue weighted by atomic mass is 9.80. The number of oxime groups is 1. The molecule has 0 saturated carbocycles. The second-order valence-electron chi connectivity index (χ2n) is 8.54. The molecule has 0 fully saturated rings. The minimum atomic E-state index is -1.49. The van der Waals surface area contributed by atoms with Crippen LogP contribution >= 0.6 is 11.6 Å². The molecule has 6 heteroatoms. The molecular formula is C28H34Cl2N2O2. The van der Waals surface area contributed by atoms with E-state index >= 15 is 0 Å². The second-order valence-corrected chi connectivity index (χ2v) is 8.95. The van der Waals surface area contributed by atoms with E-state index in [1.54, 1.807) is 0 Å². The normalized spacial score (nSPS) is 12.3. The van der Waals surface area contributed by atoms with Gasteiger partial charge in [0.05, 0.1) is 25.3 Å². The van der Waals surface area contributed by atoms with Crippen molar-refractivity contribution in [2.24, 2.45) is 5.16 Å². The molecule has 0 aliphatic carbocycles. The van der Waals surface area contributed by atoms with Crippen molar-refractivity contribution in [3.05, 3.63) is 107 Å². The van der Waals surface area contributed by atoms with E-state index in [0.29, 0.717) is 23.3 Å². The first-order valence-corrected chi connectivity index (χ1v) is 12.0. The molecule has 0 heterocycles. The van der Waals surface area contributed by atoms with Crippen LogP contribution in [0.1, 0.15) is 43.4 Å². The first-order chi connectivity index (χ1) is 16.0. The summed E-state index contributed by atoms with van der Waals surface area (Å²) in [5, 5.41) is 26.3. The molecule has 0 atom stereocenters. The summed E-state index contributed by atoms with van der Waals surface area (Å²) in [5.74, 6) is 0. The highest BCUT2D eigenvalue weighted by atomic mass is 35.5. The van der Waals surface area contributed by atoms with Gasteiger partial charge in [-0.3, -0.25) is 0 Å². The Morgan fingerprint density at radius 1 is 0.853 bits per heavy atom. The minimum Gasteiger partial charge on any atom is -1.00 e. The molecule has 3 aromatic carbocycles. The number of quaternary nitrogens is 1. The lowest BCUT2D eigenvalue weighted by Gasteiger charge is -2.38. The largest absolute Gasteiger partial charge is 1.00 e. The molecule has 0 aliphatic rings. The topological polar surface area (TPSA) is 52.8 Å². The van der Waals surface area contributed by atoms with Gasteiger partial charge in [0, 0.05) is 17.0 Å². The lowest BCUT2D eigenvalue weighted by Crippen LogP contribution is -3.00. The quantitative estimate of drug-likeness (QED) is 0.184. The highest BCUT2D eigenvalue weighted by Crippen LogP contribution is 2.33. The molecule has 0 amide bonds. The average molecular weight is 501 g/mol. The standard InChI is InChI=1S/C28H33ClN2O2.ClH/c1-3-31(4-2,22-23-14-11-12-19-26(23)29)21-13-20-27(30-33)28(32,24-15-7-5-8-16-24)25-17-9-6-10-18-25;/h5-12,14-19,32H,3-4,13,20-22H2,1-2H3;1H/b30-27+;. The van der Waals surface area contributed by atoms with Gasteiger partial charge < -0.3 is 27.2 Å². The fraction of sp³-hybridized carbons (Fsp3) is 0.321. The monoisotopic (exact) mass is 500 g/mol. The third-order valence-electron chi connectivity index (χ3n) is 6.77. The Labute approximate surface area is 214 Å².